The van der Waals surface area contributed by atoms with Gasteiger partial charge >= 0.3 is 0 Å². The highest BCUT2D eigenvalue weighted by molar-refractivity contribution is 5.61. The Morgan fingerprint density at radius 1 is 1.10 bits per heavy atom. The zero-order valence-corrected chi connectivity index (χ0v) is 10.7. The molecule has 0 aliphatic rings. The van der Waals surface area contributed by atoms with E-state index >= 15 is 0 Å². The second-order valence-electron chi connectivity index (χ2n) is 4.43. The van der Waals surface area contributed by atoms with Gasteiger partial charge in [0.25, 0.3) is 5.89 Å². The van der Waals surface area contributed by atoms with Gasteiger partial charge in [0.2, 0.25) is 5.82 Å². The van der Waals surface area contributed by atoms with Crippen molar-refractivity contribution in [3.05, 3.63) is 53.8 Å². The Labute approximate surface area is 114 Å². The first kappa shape index (κ1) is 12.3. The van der Waals surface area contributed by atoms with Gasteiger partial charge in [0, 0.05) is 11.1 Å². The fourth-order valence-electron chi connectivity index (χ4n) is 1.83. The van der Waals surface area contributed by atoms with Crippen molar-refractivity contribution < 1.29 is 14.0 Å². The third-order valence-corrected chi connectivity index (χ3v) is 2.96. The lowest BCUT2D eigenvalue weighted by molar-refractivity contribution is 0.431. The highest BCUT2D eigenvalue weighted by Crippen LogP contribution is 2.26. The predicted molar refractivity (Wildman–Crippen MR) is 71.5 cm³/mol. The molecule has 3 aromatic rings. The maximum Gasteiger partial charge on any atom is 0.258 e. The third kappa shape index (κ3) is 2.25. The quantitative estimate of drug-likeness (QED) is 0.773. The number of benzene rings is 2. The summed E-state index contributed by atoms with van der Waals surface area (Å²) in [5.41, 5.74) is 1.92. The van der Waals surface area contributed by atoms with E-state index in [1.807, 2.05) is 0 Å². The topological polar surface area (TPSA) is 59.2 Å². The molecule has 0 aliphatic carbocycles. The van der Waals surface area contributed by atoms with Crippen LogP contribution >= 0.6 is 0 Å². The molecule has 0 atom stereocenters. The minimum atomic E-state index is -0.359. The van der Waals surface area contributed by atoms with Crippen LogP contribution in [0.15, 0.2) is 47.0 Å². The number of halogens is 1. The number of nitrogens with zero attached hydrogens (tertiary/aromatic N) is 2. The number of phenols is 1. The fourth-order valence-corrected chi connectivity index (χ4v) is 1.83. The van der Waals surface area contributed by atoms with Crippen LogP contribution in [0.1, 0.15) is 5.56 Å². The average Bonchev–Trinajstić information content (AvgIpc) is 2.92. The monoisotopic (exact) mass is 270 g/mol. The van der Waals surface area contributed by atoms with Crippen LogP contribution in [0, 0.1) is 12.7 Å². The van der Waals surface area contributed by atoms with E-state index in [1.165, 1.54) is 12.1 Å². The van der Waals surface area contributed by atoms with E-state index in [1.54, 1.807) is 37.3 Å². The highest BCUT2D eigenvalue weighted by Gasteiger charge is 2.12. The van der Waals surface area contributed by atoms with Crippen LogP contribution in [0.2, 0.25) is 0 Å². The molecule has 4 nitrogen and oxygen atoms in total. The molecule has 0 radical (unpaired) electrons. The lowest BCUT2D eigenvalue weighted by atomic mass is 10.1. The number of hydrogen-bond acceptors (Lipinski definition) is 4. The lowest BCUT2D eigenvalue weighted by Gasteiger charge is -1.99. The van der Waals surface area contributed by atoms with Crippen molar-refractivity contribution in [3.63, 3.8) is 0 Å². The van der Waals surface area contributed by atoms with Gasteiger partial charge in [-0.1, -0.05) is 23.4 Å². The second-order valence-corrected chi connectivity index (χ2v) is 4.43. The standard InChI is InChI=1S/C15H11FN2O2/c1-9-5-6-11(8-13(9)19)15-17-14(18-20-15)10-3-2-4-12(16)7-10/h2-8,19H,1H3. The molecular formula is C15H11FN2O2. The van der Waals surface area contributed by atoms with Crippen molar-refractivity contribution in [1.29, 1.82) is 0 Å². The first-order chi connectivity index (χ1) is 9.63. The molecule has 5 heteroatoms. The van der Waals surface area contributed by atoms with Crippen LogP contribution in [0.5, 0.6) is 5.75 Å². The zero-order valence-electron chi connectivity index (χ0n) is 10.7. The number of phenolic OH excluding ortho intramolecular Hbond substituents is 1. The van der Waals surface area contributed by atoms with Gasteiger partial charge < -0.3 is 9.63 Å². The Balaban J connectivity index is 1.99. The first-order valence-corrected chi connectivity index (χ1v) is 6.03. The summed E-state index contributed by atoms with van der Waals surface area (Å²) in [5.74, 6) is 0.383. The average molecular weight is 270 g/mol. The second kappa shape index (κ2) is 4.77. The summed E-state index contributed by atoms with van der Waals surface area (Å²) in [6.45, 7) is 1.80. The summed E-state index contributed by atoms with van der Waals surface area (Å²) in [6.07, 6.45) is 0. The Morgan fingerprint density at radius 2 is 1.95 bits per heavy atom. The molecule has 1 aromatic heterocycles. The first-order valence-electron chi connectivity index (χ1n) is 6.03. The number of aryl methyl sites for hydroxylation is 1. The Hall–Kier alpha value is -2.69. The van der Waals surface area contributed by atoms with E-state index in [4.69, 9.17) is 4.52 Å². The summed E-state index contributed by atoms with van der Waals surface area (Å²) >= 11 is 0. The molecule has 0 saturated heterocycles. The number of rotatable bonds is 2. The van der Waals surface area contributed by atoms with Crippen LogP contribution in [0.4, 0.5) is 4.39 Å². The highest BCUT2D eigenvalue weighted by atomic mass is 19.1. The van der Waals surface area contributed by atoms with Gasteiger partial charge in [-0.2, -0.15) is 4.98 Å². The normalized spacial score (nSPS) is 10.7. The minimum absolute atomic E-state index is 0.160. The maximum atomic E-state index is 13.2. The number of aromatic hydroxyl groups is 1. The van der Waals surface area contributed by atoms with Crippen molar-refractivity contribution >= 4 is 0 Å². The predicted octanol–water partition coefficient (Wildman–Crippen LogP) is 3.56. The summed E-state index contributed by atoms with van der Waals surface area (Å²) in [7, 11) is 0. The van der Waals surface area contributed by atoms with Crippen LogP contribution < -0.4 is 0 Å². The van der Waals surface area contributed by atoms with Crippen LogP contribution in [0.25, 0.3) is 22.8 Å². The third-order valence-electron chi connectivity index (χ3n) is 2.96. The number of hydrogen-bond donors (Lipinski definition) is 1. The smallest absolute Gasteiger partial charge is 0.258 e. The molecule has 2 aromatic carbocycles. The summed E-state index contributed by atoms with van der Waals surface area (Å²) in [6, 6.07) is 11.1. The largest absolute Gasteiger partial charge is 0.508 e. The molecule has 0 fully saturated rings. The van der Waals surface area contributed by atoms with Gasteiger partial charge in [-0.05, 0) is 36.8 Å². The molecule has 1 N–H and O–H groups in total. The SMILES string of the molecule is Cc1ccc(-c2nc(-c3cccc(F)c3)no2)cc1O. The molecule has 0 spiro atoms. The van der Waals surface area contributed by atoms with Gasteiger partial charge in [-0.25, -0.2) is 4.39 Å². The zero-order chi connectivity index (χ0) is 14.1. The van der Waals surface area contributed by atoms with E-state index in [0.29, 0.717) is 17.0 Å². The van der Waals surface area contributed by atoms with Crippen molar-refractivity contribution in [2.45, 2.75) is 6.92 Å². The van der Waals surface area contributed by atoms with Crippen LogP contribution in [-0.4, -0.2) is 15.2 Å². The van der Waals surface area contributed by atoms with Crippen molar-refractivity contribution in [3.8, 4) is 28.6 Å². The van der Waals surface area contributed by atoms with Crippen molar-refractivity contribution in [1.82, 2.24) is 10.1 Å². The molecule has 3 rings (SSSR count). The summed E-state index contributed by atoms with van der Waals surface area (Å²) in [5, 5.41) is 13.5. The molecule has 0 unspecified atom stereocenters. The van der Waals surface area contributed by atoms with E-state index in [0.717, 1.165) is 5.56 Å². The Bertz CT molecular complexity index is 768. The fraction of sp³-hybridized carbons (Fsp3) is 0.0667. The minimum Gasteiger partial charge on any atom is -0.508 e. The summed E-state index contributed by atoms with van der Waals surface area (Å²) < 4.78 is 18.3. The van der Waals surface area contributed by atoms with E-state index in [9.17, 15) is 9.50 Å². The molecule has 0 aliphatic heterocycles. The Kier molecular flexibility index (Phi) is 2.95. The molecule has 100 valence electrons. The summed E-state index contributed by atoms with van der Waals surface area (Å²) in [4.78, 5) is 4.21. The van der Waals surface area contributed by atoms with Crippen LogP contribution in [-0.2, 0) is 0 Å². The van der Waals surface area contributed by atoms with Crippen molar-refractivity contribution in [2.75, 3.05) is 0 Å². The van der Waals surface area contributed by atoms with Gasteiger partial charge in [-0.15, -0.1) is 0 Å². The van der Waals surface area contributed by atoms with Gasteiger partial charge in [0.05, 0.1) is 0 Å². The number of aromatic nitrogens is 2. The maximum absolute atomic E-state index is 13.2. The molecular weight excluding hydrogens is 259 g/mol. The lowest BCUT2D eigenvalue weighted by Crippen LogP contribution is -1.83. The molecule has 0 bridgehead atoms. The molecule has 20 heavy (non-hydrogen) atoms. The Morgan fingerprint density at radius 3 is 2.70 bits per heavy atom. The van der Waals surface area contributed by atoms with E-state index in [-0.39, 0.29) is 17.5 Å². The van der Waals surface area contributed by atoms with Crippen molar-refractivity contribution in [2.24, 2.45) is 0 Å². The molecule has 0 saturated carbocycles. The van der Waals surface area contributed by atoms with E-state index in [2.05, 4.69) is 10.1 Å². The van der Waals surface area contributed by atoms with Crippen LogP contribution in [0.3, 0.4) is 0 Å². The van der Waals surface area contributed by atoms with Gasteiger partial charge in [-0.3, -0.25) is 0 Å². The van der Waals surface area contributed by atoms with E-state index < -0.39 is 0 Å². The molecule has 1 heterocycles. The van der Waals surface area contributed by atoms with Gasteiger partial charge in [0.1, 0.15) is 11.6 Å². The van der Waals surface area contributed by atoms with Gasteiger partial charge in [0.15, 0.2) is 0 Å². The molecule has 0 amide bonds.